The zero-order valence-electron chi connectivity index (χ0n) is 23.8. The number of amides is 3. The summed E-state index contributed by atoms with van der Waals surface area (Å²) in [6, 6.07) is 25.4. The minimum absolute atomic E-state index is 0.0721. The van der Waals surface area contributed by atoms with Crippen molar-refractivity contribution in [1.29, 1.82) is 0 Å². The monoisotopic (exact) mass is 613 g/mol. The third-order valence-electron chi connectivity index (χ3n) is 8.52. The van der Waals surface area contributed by atoms with E-state index in [0.29, 0.717) is 33.3 Å². The number of hydrogen-bond acceptors (Lipinski definition) is 3. The highest BCUT2D eigenvalue weighted by Gasteiger charge is 2.36. The fourth-order valence-corrected chi connectivity index (χ4v) is 6.76. The molecule has 2 aliphatic rings. The Balaban J connectivity index is 1.36. The van der Waals surface area contributed by atoms with Crippen molar-refractivity contribution in [3.63, 3.8) is 0 Å². The Morgan fingerprint density at radius 2 is 1.65 bits per heavy atom. The van der Waals surface area contributed by atoms with Gasteiger partial charge in [0.1, 0.15) is 12.6 Å². The molecule has 4 aromatic rings. The number of benzene rings is 4. The van der Waals surface area contributed by atoms with E-state index >= 15 is 0 Å². The summed E-state index contributed by atoms with van der Waals surface area (Å²) >= 11 is 12.8. The first-order chi connectivity index (χ1) is 20.9. The van der Waals surface area contributed by atoms with E-state index in [0.717, 1.165) is 42.0 Å². The van der Waals surface area contributed by atoms with Gasteiger partial charge >= 0.3 is 0 Å². The predicted octanol–water partition coefficient (Wildman–Crippen LogP) is 7.20. The third kappa shape index (κ3) is 6.27. The number of hydrogen-bond donors (Lipinski definition) is 1. The fraction of sp³-hybridized carbons (Fsp3) is 0.286. The van der Waals surface area contributed by atoms with E-state index in [-0.39, 0.29) is 36.9 Å². The van der Waals surface area contributed by atoms with Crippen molar-refractivity contribution >= 4 is 57.4 Å². The van der Waals surface area contributed by atoms with E-state index in [1.165, 1.54) is 11.3 Å². The smallest absolute Gasteiger partial charge is 0.259 e. The zero-order valence-corrected chi connectivity index (χ0v) is 25.3. The summed E-state index contributed by atoms with van der Waals surface area (Å²) < 4.78 is 0. The van der Waals surface area contributed by atoms with Crippen LogP contribution in [0.25, 0.3) is 10.8 Å². The number of carbonyl (C=O) groups is 3. The molecule has 1 N–H and O–H groups in total. The fourth-order valence-electron chi connectivity index (χ4n) is 6.29. The molecule has 0 saturated heterocycles. The second kappa shape index (κ2) is 12.8. The molecule has 1 saturated carbocycles. The first-order valence-electron chi connectivity index (χ1n) is 14.8. The van der Waals surface area contributed by atoms with Gasteiger partial charge < -0.3 is 10.2 Å². The number of anilines is 1. The maximum absolute atomic E-state index is 14.4. The topological polar surface area (TPSA) is 69.7 Å². The number of rotatable bonds is 9. The van der Waals surface area contributed by atoms with E-state index in [4.69, 9.17) is 23.2 Å². The average molecular weight is 615 g/mol. The normalized spacial score (nSPS) is 15.5. The molecule has 6 rings (SSSR count). The molecule has 0 spiro atoms. The van der Waals surface area contributed by atoms with E-state index < -0.39 is 6.04 Å². The molecule has 0 aromatic heterocycles. The lowest BCUT2D eigenvalue weighted by atomic mass is 9.94. The lowest BCUT2D eigenvalue weighted by Crippen LogP contribution is -2.54. The molecule has 0 unspecified atom stereocenters. The quantitative estimate of drug-likeness (QED) is 0.217. The van der Waals surface area contributed by atoms with Crippen LogP contribution in [-0.2, 0) is 22.6 Å². The lowest BCUT2D eigenvalue weighted by Gasteiger charge is -2.34. The largest absolute Gasteiger partial charge is 0.352 e. The van der Waals surface area contributed by atoms with E-state index in [1.807, 2.05) is 60.7 Å². The van der Waals surface area contributed by atoms with Gasteiger partial charge in [0.05, 0.1) is 5.69 Å². The molecule has 6 nitrogen and oxygen atoms in total. The third-order valence-corrected chi connectivity index (χ3v) is 9.11. The molecule has 0 radical (unpaired) electrons. The van der Waals surface area contributed by atoms with Crippen LogP contribution in [0.1, 0.15) is 53.6 Å². The maximum atomic E-state index is 14.4. The highest BCUT2D eigenvalue weighted by Crippen LogP contribution is 2.37. The summed E-state index contributed by atoms with van der Waals surface area (Å²) in [6.45, 7) is -0.122. The summed E-state index contributed by atoms with van der Waals surface area (Å²) in [5, 5.41) is 5.92. The number of carbonyl (C=O) groups excluding carboxylic acids is 3. The van der Waals surface area contributed by atoms with Gasteiger partial charge in [-0.2, -0.15) is 0 Å². The Morgan fingerprint density at radius 3 is 2.40 bits per heavy atom. The van der Waals surface area contributed by atoms with Gasteiger partial charge in [-0.05, 0) is 53.6 Å². The van der Waals surface area contributed by atoms with Crippen LogP contribution in [-0.4, -0.2) is 41.2 Å². The summed E-state index contributed by atoms with van der Waals surface area (Å²) in [4.78, 5) is 45.2. The van der Waals surface area contributed by atoms with Crippen molar-refractivity contribution in [1.82, 2.24) is 10.2 Å². The molecule has 4 aromatic carbocycles. The van der Waals surface area contributed by atoms with Gasteiger partial charge in [0, 0.05) is 40.0 Å². The van der Waals surface area contributed by atoms with E-state index in [2.05, 4.69) is 5.32 Å². The predicted molar refractivity (Wildman–Crippen MR) is 172 cm³/mol. The first-order valence-corrected chi connectivity index (χ1v) is 15.6. The van der Waals surface area contributed by atoms with Crippen molar-refractivity contribution in [3.05, 3.63) is 112 Å². The van der Waals surface area contributed by atoms with Gasteiger partial charge in [-0.15, -0.1) is 0 Å². The number of nitrogens with one attached hydrogen (secondary N) is 1. The first kappa shape index (κ1) is 29.2. The van der Waals surface area contributed by atoms with Crippen LogP contribution in [0.2, 0.25) is 10.0 Å². The Hall–Kier alpha value is -3.87. The Labute approximate surface area is 261 Å². The number of nitrogens with zero attached hydrogens (tertiary/aromatic N) is 2. The molecule has 1 aliphatic heterocycles. The van der Waals surface area contributed by atoms with Gasteiger partial charge in [0.2, 0.25) is 11.8 Å². The second-order valence-electron chi connectivity index (χ2n) is 11.4. The highest BCUT2D eigenvalue weighted by molar-refractivity contribution is 6.35. The Morgan fingerprint density at radius 1 is 0.907 bits per heavy atom. The maximum Gasteiger partial charge on any atom is 0.259 e. The van der Waals surface area contributed by atoms with Crippen LogP contribution in [0, 0.1) is 0 Å². The average Bonchev–Trinajstić information content (AvgIpc) is 3.28. The Bertz CT molecular complexity index is 1660. The SMILES string of the molecule is O=C(NC1CCCCC1)[C@H](Cc1ccccc1)N(Cc1ccc(Cl)cc1Cl)C(=O)CN1C(=O)c2cccc3cccc1c23. The van der Waals surface area contributed by atoms with Crippen molar-refractivity contribution in [2.75, 3.05) is 11.4 Å². The molecule has 1 atom stereocenters. The van der Waals surface area contributed by atoms with Crippen molar-refractivity contribution < 1.29 is 14.4 Å². The molecule has 8 heteroatoms. The standard InChI is InChI=1S/C35H33Cl2N3O3/c36-26-18-17-25(29(37)20-26)21-39(31(19-23-9-3-1-4-10-23)34(42)38-27-13-5-2-6-14-27)32(41)22-40-30-16-8-12-24-11-7-15-28(33(24)30)35(40)43/h1,3-4,7-12,15-18,20,27,31H,2,5-6,13-14,19,21-22H2,(H,38,42)/t31-/m0/s1. The van der Waals surface area contributed by atoms with Gasteiger partial charge in [-0.3, -0.25) is 19.3 Å². The van der Waals surface area contributed by atoms with E-state index in [1.54, 1.807) is 29.2 Å². The van der Waals surface area contributed by atoms with Gasteiger partial charge in [-0.1, -0.05) is 103 Å². The van der Waals surface area contributed by atoms with E-state index in [9.17, 15) is 14.4 Å². The summed E-state index contributed by atoms with van der Waals surface area (Å²) in [6.07, 6.45) is 5.47. The highest BCUT2D eigenvalue weighted by atomic mass is 35.5. The van der Waals surface area contributed by atoms with Gasteiger partial charge in [0.25, 0.3) is 5.91 Å². The second-order valence-corrected chi connectivity index (χ2v) is 12.2. The summed E-state index contributed by atoms with van der Waals surface area (Å²) in [7, 11) is 0. The zero-order chi connectivity index (χ0) is 29.9. The minimum atomic E-state index is -0.820. The van der Waals surface area contributed by atoms with Crippen molar-refractivity contribution in [2.45, 2.75) is 57.2 Å². The lowest BCUT2D eigenvalue weighted by molar-refractivity contribution is -0.140. The van der Waals surface area contributed by atoms with Crippen LogP contribution >= 0.6 is 23.2 Å². The van der Waals surface area contributed by atoms with Crippen LogP contribution in [0.5, 0.6) is 0 Å². The van der Waals surface area contributed by atoms with Crippen LogP contribution in [0.15, 0.2) is 84.9 Å². The molecule has 43 heavy (non-hydrogen) atoms. The van der Waals surface area contributed by atoms with Crippen LogP contribution < -0.4 is 10.2 Å². The van der Waals surface area contributed by atoms with Crippen LogP contribution in [0.3, 0.4) is 0 Å². The molecule has 220 valence electrons. The summed E-state index contributed by atoms with van der Waals surface area (Å²) in [5.74, 6) is -0.771. The summed E-state index contributed by atoms with van der Waals surface area (Å²) in [5.41, 5.74) is 2.87. The van der Waals surface area contributed by atoms with Gasteiger partial charge in [-0.25, -0.2) is 0 Å². The molecular weight excluding hydrogens is 581 g/mol. The molecule has 0 bridgehead atoms. The Kier molecular flexibility index (Phi) is 8.68. The molecular formula is C35H33Cl2N3O3. The van der Waals surface area contributed by atoms with Crippen LogP contribution in [0.4, 0.5) is 5.69 Å². The number of halogens is 2. The van der Waals surface area contributed by atoms with Crippen molar-refractivity contribution in [3.8, 4) is 0 Å². The van der Waals surface area contributed by atoms with Gasteiger partial charge in [0.15, 0.2) is 0 Å². The molecule has 1 heterocycles. The molecule has 1 aliphatic carbocycles. The van der Waals surface area contributed by atoms with Crippen molar-refractivity contribution in [2.24, 2.45) is 0 Å². The molecule has 3 amide bonds. The minimum Gasteiger partial charge on any atom is -0.352 e. The molecule has 1 fully saturated rings.